The van der Waals surface area contributed by atoms with Gasteiger partial charge in [0.1, 0.15) is 18.2 Å². The van der Waals surface area contributed by atoms with E-state index in [1.54, 1.807) is 35.0 Å². The number of imidazole rings is 1. The van der Waals surface area contributed by atoms with Crippen LogP contribution in [0, 0.1) is 5.82 Å². The van der Waals surface area contributed by atoms with Crippen molar-refractivity contribution < 1.29 is 14.3 Å². The lowest BCUT2D eigenvalue weighted by molar-refractivity contribution is 0.103. The quantitative estimate of drug-likeness (QED) is 0.753. The van der Waals surface area contributed by atoms with Crippen LogP contribution in [-0.4, -0.2) is 20.4 Å². The van der Waals surface area contributed by atoms with Gasteiger partial charge in [0.15, 0.2) is 5.78 Å². The molecule has 0 aliphatic carbocycles. The first kappa shape index (κ1) is 14.2. The van der Waals surface area contributed by atoms with Crippen molar-refractivity contribution in [1.82, 2.24) is 9.55 Å². The second kappa shape index (κ2) is 5.91. The first-order valence-corrected chi connectivity index (χ1v) is 6.73. The third kappa shape index (κ3) is 2.54. The summed E-state index contributed by atoms with van der Waals surface area (Å²) >= 11 is 0. The lowest BCUT2D eigenvalue weighted by Gasteiger charge is -2.12. The van der Waals surface area contributed by atoms with Crippen molar-refractivity contribution in [2.45, 2.75) is 6.61 Å². The third-order valence-electron chi connectivity index (χ3n) is 3.36. The minimum Gasteiger partial charge on any atom is -0.388 e. The lowest BCUT2D eigenvalue weighted by Crippen LogP contribution is -2.10. The van der Waals surface area contributed by atoms with Crippen LogP contribution in [0.1, 0.15) is 21.7 Å². The Kier molecular flexibility index (Phi) is 3.80. The van der Waals surface area contributed by atoms with Crippen molar-refractivity contribution in [3.8, 4) is 5.69 Å². The van der Waals surface area contributed by atoms with E-state index in [1.807, 2.05) is 6.07 Å². The molecule has 3 aromatic rings. The molecule has 0 unspecified atom stereocenters. The Morgan fingerprint density at radius 3 is 2.68 bits per heavy atom. The maximum atomic E-state index is 13.6. The predicted molar refractivity (Wildman–Crippen MR) is 79.3 cm³/mol. The molecule has 4 nitrogen and oxygen atoms in total. The first-order valence-electron chi connectivity index (χ1n) is 6.73. The van der Waals surface area contributed by atoms with Crippen LogP contribution < -0.4 is 0 Å². The van der Waals surface area contributed by atoms with Gasteiger partial charge in [0.25, 0.3) is 0 Å². The van der Waals surface area contributed by atoms with Gasteiger partial charge in [0.2, 0.25) is 0 Å². The molecule has 0 fully saturated rings. The largest absolute Gasteiger partial charge is 0.388 e. The molecular weight excluding hydrogens is 283 g/mol. The van der Waals surface area contributed by atoms with Gasteiger partial charge in [-0.2, -0.15) is 0 Å². The Morgan fingerprint density at radius 2 is 1.95 bits per heavy atom. The van der Waals surface area contributed by atoms with E-state index in [2.05, 4.69) is 4.98 Å². The molecule has 0 bridgehead atoms. The predicted octanol–water partition coefficient (Wildman–Crippen LogP) is 2.73. The highest BCUT2D eigenvalue weighted by Gasteiger charge is 2.17. The number of aromatic nitrogens is 2. The van der Waals surface area contributed by atoms with Crippen molar-refractivity contribution in [3.63, 3.8) is 0 Å². The number of halogens is 1. The second-order valence-corrected chi connectivity index (χ2v) is 4.73. The van der Waals surface area contributed by atoms with Gasteiger partial charge in [-0.3, -0.25) is 4.79 Å². The average molecular weight is 296 g/mol. The molecule has 0 spiro atoms. The van der Waals surface area contributed by atoms with Crippen LogP contribution in [0.2, 0.25) is 0 Å². The maximum absolute atomic E-state index is 13.6. The fourth-order valence-corrected chi connectivity index (χ4v) is 2.32. The third-order valence-corrected chi connectivity index (χ3v) is 3.36. The topological polar surface area (TPSA) is 55.1 Å². The molecule has 0 aliphatic rings. The van der Waals surface area contributed by atoms with Crippen molar-refractivity contribution in [1.29, 1.82) is 0 Å². The summed E-state index contributed by atoms with van der Waals surface area (Å²) in [6, 6.07) is 12.7. The molecule has 0 radical (unpaired) electrons. The first-order chi connectivity index (χ1) is 10.7. The summed E-state index contributed by atoms with van der Waals surface area (Å²) in [4.78, 5) is 16.7. The summed E-state index contributed by atoms with van der Waals surface area (Å²) in [6.07, 6.45) is 3.15. The normalized spacial score (nSPS) is 10.6. The van der Waals surface area contributed by atoms with E-state index in [1.165, 1.54) is 24.4 Å². The molecule has 1 aromatic heterocycles. The van der Waals surface area contributed by atoms with Crippen LogP contribution in [-0.2, 0) is 6.61 Å². The second-order valence-electron chi connectivity index (χ2n) is 4.73. The van der Waals surface area contributed by atoms with Gasteiger partial charge in [0.05, 0.1) is 5.69 Å². The highest BCUT2D eigenvalue weighted by Crippen LogP contribution is 2.21. The number of carbonyl (C=O) groups is 1. The summed E-state index contributed by atoms with van der Waals surface area (Å²) in [5.74, 6) is -0.393. The standard InChI is InChI=1S/C17H13FN2O2/c18-13-6-7-15(20-9-8-19-16(20)11-21)14(10-13)17(22)12-4-2-1-3-5-12/h1-10,21H,11H2. The molecule has 22 heavy (non-hydrogen) atoms. The number of benzene rings is 2. The maximum Gasteiger partial charge on any atom is 0.195 e. The van der Waals surface area contributed by atoms with Crippen LogP contribution >= 0.6 is 0 Å². The molecule has 0 aliphatic heterocycles. The van der Waals surface area contributed by atoms with Gasteiger partial charge in [-0.15, -0.1) is 0 Å². The van der Waals surface area contributed by atoms with Gasteiger partial charge >= 0.3 is 0 Å². The Bertz CT molecular complexity index is 813. The highest BCUT2D eigenvalue weighted by molar-refractivity contribution is 6.11. The molecule has 0 saturated heterocycles. The monoisotopic (exact) mass is 296 g/mol. The van der Waals surface area contributed by atoms with Crippen LogP contribution in [0.5, 0.6) is 0 Å². The number of hydrogen-bond donors (Lipinski definition) is 1. The van der Waals surface area contributed by atoms with Gasteiger partial charge < -0.3 is 9.67 Å². The SMILES string of the molecule is O=C(c1ccccc1)c1cc(F)ccc1-n1ccnc1CO. The van der Waals surface area contributed by atoms with E-state index in [4.69, 9.17) is 0 Å². The Balaban J connectivity index is 2.15. The van der Waals surface area contributed by atoms with Crippen molar-refractivity contribution >= 4 is 5.78 Å². The van der Waals surface area contributed by atoms with E-state index in [0.717, 1.165) is 0 Å². The summed E-state index contributed by atoms with van der Waals surface area (Å²) < 4.78 is 15.2. The number of hydrogen-bond acceptors (Lipinski definition) is 3. The zero-order valence-corrected chi connectivity index (χ0v) is 11.6. The van der Waals surface area contributed by atoms with Crippen LogP contribution in [0.15, 0.2) is 60.9 Å². The Hall–Kier alpha value is -2.79. The molecular formula is C17H13FN2O2. The molecule has 0 atom stereocenters. The molecule has 110 valence electrons. The summed E-state index contributed by atoms with van der Waals surface area (Å²) in [7, 11) is 0. The fraction of sp³-hybridized carbons (Fsp3) is 0.0588. The van der Waals surface area contributed by atoms with Crippen LogP contribution in [0.25, 0.3) is 5.69 Å². The van der Waals surface area contributed by atoms with E-state index >= 15 is 0 Å². The molecule has 0 saturated carbocycles. The minimum atomic E-state index is -0.492. The van der Waals surface area contributed by atoms with E-state index < -0.39 is 5.82 Å². The number of aliphatic hydroxyl groups excluding tert-OH is 1. The molecule has 2 aromatic carbocycles. The fourth-order valence-electron chi connectivity index (χ4n) is 2.32. The summed E-state index contributed by atoms with van der Waals surface area (Å²) in [6.45, 7) is -0.274. The van der Waals surface area contributed by atoms with Crippen LogP contribution in [0.4, 0.5) is 4.39 Å². The Morgan fingerprint density at radius 1 is 1.18 bits per heavy atom. The van der Waals surface area contributed by atoms with E-state index in [-0.39, 0.29) is 18.0 Å². The lowest BCUT2D eigenvalue weighted by atomic mass is 10.0. The highest BCUT2D eigenvalue weighted by atomic mass is 19.1. The van der Waals surface area contributed by atoms with Gasteiger partial charge in [-0.1, -0.05) is 30.3 Å². The number of aliphatic hydroxyl groups is 1. The van der Waals surface area contributed by atoms with Crippen LogP contribution in [0.3, 0.4) is 0 Å². The van der Waals surface area contributed by atoms with Crippen molar-refractivity contribution in [3.05, 3.63) is 83.7 Å². The van der Waals surface area contributed by atoms with Crippen molar-refractivity contribution in [2.75, 3.05) is 0 Å². The zero-order chi connectivity index (χ0) is 15.5. The molecule has 3 rings (SSSR count). The minimum absolute atomic E-state index is 0.221. The Labute approximate surface area is 126 Å². The number of nitrogens with zero attached hydrogens (tertiary/aromatic N) is 2. The smallest absolute Gasteiger partial charge is 0.195 e. The van der Waals surface area contributed by atoms with Gasteiger partial charge in [-0.05, 0) is 18.2 Å². The molecule has 1 heterocycles. The summed E-state index contributed by atoms with van der Waals surface area (Å²) in [5, 5.41) is 9.33. The van der Waals surface area contributed by atoms with E-state index in [0.29, 0.717) is 17.1 Å². The number of carbonyl (C=O) groups excluding carboxylic acids is 1. The average Bonchev–Trinajstić information content (AvgIpc) is 3.03. The van der Waals surface area contributed by atoms with E-state index in [9.17, 15) is 14.3 Å². The molecule has 0 amide bonds. The zero-order valence-electron chi connectivity index (χ0n) is 11.6. The number of ketones is 1. The summed E-state index contributed by atoms with van der Waals surface area (Å²) in [5.41, 5.74) is 1.18. The van der Waals surface area contributed by atoms with Gasteiger partial charge in [0, 0.05) is 23.5 Å². The molecule has 5 heteroatoms. The number of rotatable bonds is 4. The van der Waals surface area contributed by atoms with Gasteiger partial charge in [-0.25, -0.2) is 9.37 Å². The van der Waals surface area contributed by atoms with Crippen molar-refractivity contribution in [2.24, 2.45) is 0 Å². The molecule has 1 N–H and O–H groups in total.